The minimum Gasteiger partial charge on any atom is -0.354 e. The van der Waals surface area contributed by atoms with Crippen LogP contribution >= 0.6 is 0 Å². The largest absolute Gasteiger partial charge is 0.354 e. The minimum absolute atomic E-state index is 0.492. The molecule has 2 aliphatic heterocycles. The number of benzene rings is 1. The van der Waals surface area contributed by atoms with Crippen molar-refractivity contribution in [2.75, 3.05) is 37.6 Å². The van der Waals surface area contributed by atoms with Crippen LogP contribution in [0, 0.1) is 0 Å². The van der Waals surface area contributed by atoms with Crippen molar-refractivity contribution in [2.45, 2.75) is 25.8 Å². The lowest BCUT2D eigenvalue weighted by molar-refractivity contribution is 0.280. The molecule has 3 heterocycles. The lowest BCUT2D eigenvalue weighted by atomic mass is 10.0. The molecule has 2 aliphatic rings. The number of piperazine rings is 1. The second-order valence-corrected chi connectivity index (χ2v) is 7.36. The minimum atomic E-state index is 0.492. The molecule has 1 saturated heterocycles. The molecule has 2 aromatic rings. The van der Waals surface area contributed by atoms with Crippen LogP contribution in [0.5, 0.6) is 0 Å². The van der Waals surface area contributed by atoms with Crippen LogP contribution in [-0.2, 0) is 0 Å². The maximum atomic E-state index is 4.71. The van der Waals surface area contributed by atoms with E-state index in [-0.39, 0.29) is 0 Å². The van der Waals surface area contributed by atoms with Crippen LogP contribution in [0.15, 0.2) is 65.3 Å². The summed E-state index contributed by atoms with van der Waals surface area (Å²) in [6.45, 7) is 7.38. The predicted octanol–water partition coefficient (Wildman–Crippen LogP) is 4.05. The number of pyridine rings is 1. The average molecular weight is 361 g/mol. The third kappa shape index (κ3) is 4.28. The number of hydrogen-bond acceptors (Lipinski definition) is 4. The second-order valence-electron chi connectivity index (χ2n) is 7.36. The van der Waals surface area contributed by atoms with Gasteiger partial charge in [-0.15, -0.1) is 0 Å². The van der Waals surface area contributed by atoms with Gasteiger partial charge in [-0.3, -0.25) is 9.89 Å². The molecule has 4 heteroatoms. The molecule has 1 aromatic carbocycles. The van der Waals surface area contributed by atoms with E-state index in [4.69, 9.17) is 4.98 Å². The van der Waals surface area contributed by atoms with E-state index in [2.05, 4.69) is 70.4 Å². The molecule has 1 atom stereocenters. The van der Waals surface area contributed by atoms with E-state index in [1.54, 1.807) is 0 Å². The summed E-state index contributed by atoms with van der Waals surface area (Å²) in [6, 6.07) is 15.3. The molecular weight excluding hydrogens is 332 g/mol. The SMILES string of the molecule is CCC1CC=C(CN2CCN(c3ncccc3-c3ccccc3)CC2)C=N1. The smallest absolute Gasteiger partial charge is 0.136 e. The number of anilines is 1. The molecule has 27 heavy (non-hydrogen) atoms. The van der Waals surface area contributed by atoms with Gasteiger partial charge in [0.25, 0.3) is 0 Å². The van der Waals surface area contributed by atoms with Crippen molar-refractivity contribution in [1.29, 1.82) is 0 Å². The Labute approximate surface area is 162 Å². The van der Waals surface area contributed by atoms with Gasteiger partial charge in [-0.1, -0.05) is 43.3 Å². The molecule has 0 bridgehead atoms. The fourth-order valence-electron chi connectivity index (χ4n) is 3.85. The summed E-state index contributed by atoms with van der Waals surface area (Å²) < 4.78 is 0. The molecule has 0 aliphatic carbocycles. The van der Waals surface area contributed by atoms with Gasteiger partial charge < -0.3 is 4.90 Å². The third-order valence-corrected chi connectivity index (χ3v) is 5.52. The number of hydrogen-bond donors (Lipinski definition) is 0. The Morgan fingerprint density at radius 2 is 1.81 bits per heavy atom. The van der Waals surface area contributed by atoms with E-state index in [0.29, 0.717) is 6.04 Å². The molecule has 1 aromatic heterocycles. The molecule has 140 valence electrons. The van der Waals surface area contributed by atoms with Crippen molar-refractivity contribution < 1.29 is 0 Å². The molecule has 0 amide bonds. The highest BCUT2D eigenvalue weighted by Crippen LogP contribution is 2.29. The summed E-state index contributed by atoms with van der Waals surface area (Å²) in [4.78, 5) is 14.3. The van der Waals surface area contributed by atoms with Gasteiger partial charge in [0.2, 0.25) is 0 Å². The van der Waals surface area contributed by atoms with E-state index in [1.165, 1.54) is 16.7 Å². The van der Waals surface area contributed by atoms with Gasteiger partial charge in [-0.05, 0) is 36.1 Å². The lowest BCUT2D eigenvalue weighted by Crippen LogP contribution is -2.47. The number of rotatable bonds is 5. The molecule has 1 fully saturated rings. The highest BCUT2D eigenvalue weighted by molar-refractivity contribution is 5.80. The van der Waals surface area contributed by atoms with Crippen LogP contribution in [0.2, 0.25) is 0 Å². The summed E-state index contributed by atoms with van der Waals surface area (Å²) in [5, 5.41) is 0. The summed E-state index contributed by atoms with van der Waals surface area (Å²) in [7, 11) is 0. The summed E-state index contributed by atoms with van der Waals surface area (Å²) in [5.74, 6) is 1.10. The van der Waals surface area contributed by atoms with Crippen molar-refractivity contribution >= 4 is 12.0 Å². The van der Waals surface area contributed by atoms with E-state index >= 15 is 0 Å². The van der Waals surface area contributed by atoms with Gasteiger partial charge in [-0.2, -0.15) is 0 Å². The third-order valence-electron chi connectivity index (χ3n) is 5.52. The van der Waals surface area contributed by atoms with Gasteiger partial charge in [0.15, 0.2) is 0 Å². The highest BCUT2D eigenvalue weighted by Gasteiger charge is 2.21. The van der Waals surface area contributed by atoms with Crippen LogP contribution in [-0.4, -0.2) is 54.9 Å². The number of aromatic nitrogens is 1. The Bertz CT molecular complexity index is 804. The van der Waals surface area contributed by atoms with E-state index in [9.17, 15) is 0 Å². The van der Waals surface area contributed by atoms with Gasteiger partial charge in [0.1, 0.15) is 5.82 Å². The van der Waals surface area contributed by atoms with E-state index < -0.39 is 0 Å². The first-order valence-corrected chi connectivity index (χ1v) is 10.0. The molecular formula is C23H28N4. The average Bonchev–Trinajstić information content (AvgIpc) is 2.75. The Balaban J connectivity index is 1.39. The van der Waals surface area contributed by atoms with E-state index in [0.717, 1.165) is 51.4 Å². The number of aliphatic imine (C=N–C) groups is 1. The van der Waals surface area contributed by atoms with Crippen molar-refractivity contribution in [3.05, 3.63) is 60.3 Å². The zero-order valence-corrected chi connectivity index (χ0v) is 16.1. The Kier molecular flexibility index (Phi) is 5.64. The first-order chi connectivity index (χ1) is 13.3. The Morgan fingerprint density at radius 1 is 1.00 bits per heavy atom. The van der Waals surface area contributed by atoms with Crippen molar-refractivity contribution in [2.24, 2.45) is 4.99 Å². The monoisotopic (exact) mass is 360 g/mol. The van der Waals surface area contributed by atoms with Crippen molar-refractivity contribution in [1.82, 2.24) is 9.88 Å². The normalized spacial score (nSPS) is 20.6. The molecule has 0 spiro atoms. The predicted molar refractivity (Wildman–Crippen MR) is 114 cm³/mol. The molecule has 0 saturated carbocycles. The van der Waals surface area contributed by atoms with Crippen LogP contribution in [0.3, 0.4) is 0 Å². The van der Waals surface area contributed by atoms with Crippen molar-refractivity contribution in [3.63, 3.8) is 0 Å². The summed E-state index contributed by atoms with van der Waals surface area (Å²) >= 11 is 0. The Morgan fingerprint density at radius 3 is 2.52 bits per heavy atom. The lowest BCUT2D eigenvalue weighted by Gasteiger charge is -2.36. The molecule has 4 nitrogen and oxygen atoms in total. The maximum absolute atomic E-state index is 4.71. The first kappa shape index (κ1) is 17.9. The topological polar surface area (TPSA) is 31.7 Å². The zero-order chi connectivity index (χ0) is 18.5. The molecule has 0 N–H and O–H groups in total. The fourth-order valence-corrected chi connectivity index (χ4v) is 3.85. The highest BCUT2D eigenvalue weighted by atomic mass is 15.3. The van der Waals surface area contributed by atoms with Crippen LogP contribution in [0.1, 0.15) is 19.8 Å². The molecule has 0 radical (unpaired) electrons. The van der Waals surface area contributed by atoms with Crippen LogP contribution in [0.25, 0.3) is 11.1 Å². The maximum Gasteiger partial charge on any atom is 0.136 e. The molecule has 4 rings (SSSR count). The quantitative estimate of drug-likeness (QED) is 0.806. The number of dihydropyridines is 1. The van der Waals surface area contributed by atoms with Gasteiger partial charge in [-0.25, -0.2) is 4.98 Å². The summed E-state index contributed by atoms with van der Waals surface area (Å²) in [6.07, 6.45) is 8.60. The van der Waals surface area contributed by atoms with Crippen LogP contribution < -0.4 is 4.90 Å². The second kappa shape index (κ2) is 8.49. The van der Waals surface area contributed by atoms with Gasteiger partial charge in [0.05, 0.1) is 6.04 Å². The first-order valence-electron chi connectivity index (χ1n) is 10.0. The van der Waals surface area contributed by atoms with Crippen molar-refractivity contribution in [3.8, 4) is 11.1 Å². The molecule has 1 unspecified atom stereocenters. The Hall–Kier alpha value is -2.46. The van der Waals surface area contributed by atoms with Gasteiger partial charge >= 0.3 is 0 Å². The number of nitrogens with zero attached hydrogens (tertiary/aromatic N) is 4. The fraction of sp³-hybridized carbons (Fsp3) is 0.391. The van der Waals surface area contributed by atoms with E-state index in [1.807, 2.05) is 12.3 Å². The standard InChI is InChI=1S/C23H28N4/c1-2-21-11-10-19(17-25-21)18-26-13-15-27(16-14-26)23-22(9-6-12-24-23)20-7-4-3-5-8-20/h3-10,12,17,21H,2,11,13-16,18H2,1H3. The van der Waals surface area contributed by atoms with Gasteiger partial charge in [0, 0.05) is 50.7 Å². The zero-order valence-electron chi connectivity index (χ0n) is 16.1. The summed E-state index contributed by atoms with van der Waals surface area (Å²) in [5.41, 5.74) is 3.83. The van der Waals surface area contributed by atoms with Crippen LogP contribution in [0.4, 0.5) is 5.82 Å².